The van der Waals surface area contributed by atoms with Crippen LogP contribution in [0, 0.1) is 17.8 Å². The molecule has 1 rings (SSSR count). The van der Waals surface area contributed by atoms with Crippen molar-refractivity contribution in [1.82, 2.24) is 16.0 Å². The van der Waals surface area contributed by atoms with Gasteiger partial charge in [0.25, 0.3) is 0 Å². The number of methoxy groups -OCH3 is 1. The summed E-state index contributed by atoms with van der Waals surface area (Å²) in [5.41, 5.74) is 0.782. The molecule has 5 atom stereocenters. The first-order valence-corrected chi connectivity index (χ1v) is 13.8. The number of carbonyl (C=O) groups is 5. The monoisotopic (exact) mass is 566 g/mol. The summed E-state index contributed by atoms with van der Waals surface area (Å²) in [5, 5.41) is 16.2. The molecule has 0 saturated heterocycles. The highest BCUT2D eigenvalue weighted by Crippen LogP contribution is 2.30. The van der Waals surface area contributed by atoms with Crippen LogP contribution in [0.3, 0.4) is 0 Å². The van der Waals surface area contributed by atoms with Gasteiger partial charge in [0.1, 0.15) is 17.8 Å². The van der Waals surface area contributed by atoms with Crippen molar-refractivity contribution >= 4 is 40.6 Å². The van der Waals surface area contributed by atoms with E-state index in [2.05, 4.69) is 16.0 Å². The fourth-order valence-electron chi connectivity index (χ4n) is 4.13. The van der Waals surface area contributed by atoms with Crippen LogP contribution in [-0.4, -0.2) is 65.4 Å². The number of ether oxygens (including phenoxy) is 1. The van der Waals surface area contributed by atoms with Gasteiger partial charge in [-0.3, -0.25) is 19.2 Å². The predicted molar refractivity (Wildman–Crippen MR) is 151 cm³/mol. The van der Waals surface area contributed by atoms with Gasteiger partial charge in [0.05, 0.1) is 13.0 Å². The summed E-state index contributed by atoms with van der Waals surface area (Å²) >= 11 is 0.832. The molecule has 11 heteroatoms. The van der Waals surface area contributed by atoms with Crippen molar-refractivity contribution in [2.24, 2.45) is 17.8 Å². The summed E-state index contributed by atoms with van der Waals surface area (Å²) in [6.07, 6.45) is 0.337. The van der Waals surface area contributed by atoms with Gasteiger partial charge in [-0.2, -0.15) is 0 Å². The van der Waals surface area contributed by atoms with Gasteiger partial charge in [-0.25, -0.2) is 4.79 Å². The number of aliphatic carboxylic acids is 1. The maximum Gasteiger partial charge on any atom is 0.326 e. The average Bonchev–Trinajstić information content (AvgIpc) is 2.89. The number of hydrogen-bond acceptors (Lipinski definition) is 7. The number of carboxylic acid groups (broad SMARTS) is 1. The predicted octanol–water partition coefficient (Wildman–Crippen LogP) is 2.78. The highest BCUT2D eigenvalue weighted by molar-refractivity contribution is 8.14. The van der Waals surface area contributed by atoms with Gasteiger partial charge in [-0.15, -0.1) is 0 Å². The second-order valence-electron chi connectivity index (χ2n) is 10.1. The highest BCUT2D eigenvalue weighted by Gasteiger charge is 2.35. The second-order valence-corrected chi connectivity index (χ2v) is 11.5. The van der Waals surface area contributed by atoms with Crippen LogP contribution in [0.15, 0.2) is 24.3 Å². The van der Waals surface area contributed by atoms with Gasteiger partial charge in [0, 0.05) is 33.4 Å². The Balaban J connectivity index is 3.25. The van der Waals surface area contributed by atoms with Gasteiger partial charge in [-0.05, 0) is 42.4 Å². The molecule has 0 radical (unpaired) electrons. The first-order valence-electron chi connectivity index (χ1n) is 13.6. The van der Waals surface area contributed by atoms with Crippen LogP contribution in [0.1, 0.15) is 60.8 Å². The summed E-state index contributed by atoms with van der Waals surface area (Å²) < 4.78 is 12.9. The molecule has 1 aromatic rings. The van der Waals surface area contributed by atoms with E-state index in [1.54, 1.807) is 38.3 Å². The topological polar surface area (TPSA) is 151 Å². The van der Waals surface area contributed by atoms with Crippen molar-refractivity contribution in [3.05, 3.63) is 29.8 Å². The zero-order valence-electron chi connectivity index (χ0n) is 24.6. The van der Waals surface area contributed by atoms with Crippen LogP contribution in [0.4, 0.5) is 0 Å². The lowest BCUT2D eigenvalue weighted by Crippen LogP contribution is -2.51. The fourth-order valence-corrected chi connectivity index (χ4v) is 5.19. The first-order chi connectivity index (χ1) is 18.8. The van der Waals surface area contributed by atoms with E-state index in [4.69, 9.17) is 6.11 Å². The van der Waals surface area contributed by atoms with Crippen LogP contribution >= 0.6 is 11.8 Å². The molecule has 4 N–H and O–H groups in total. The molecule has 3 unspecified atom stereocenters. The zero-order chi connectivity index (χ0) is 30.4. The van der Waals surface area contributed by atoms with E-state index in [1.807, 2.05) is 13.8 Å². The average molecular weight is 567 g/mol. The maximum absolute atomic E-state index is 13.7. The third kappa shape index (κ3) is 12.5. The van der Waals surface area contributed by atoms with E-state index in [0.717, 1.165) is 17.3 Å². The molecule has 10 nitrogen and oxygen atoms in total. The van der Waals surface area contributed by atoms with Crippen molar-refractivity contribution in [3.63, 3.8) is 0 Å². The number of amides is 3. The summed E-state index contributed by atoms with van der Waals surface area (Å²) in [6.45, 7) is 6.82. The lowest BCUT2D eigenvalue weighted by Gasteiger charge is -2.29. The zero-order valence-corrected chi connectivity index (χ0v) is 24.4. The molecule has 218 valence electrons. The molecule has 0 bridgehead atoms. The third-order valence-electron chi connectivity index (χ3n) is 5.96. The molecule has 39 heavy (non-hydrogen) atoms. The van der Waals surface area contributed by atoms with Crippen LogP contribution in [0.2, 0.25) is 0 Å². The molecule has 0 aliphatic rings. The lowest BCUT2D eigenvalue weighted by atomic mass is 9.90. The molecular formula is C28H43N3O7S. The molecule has 0 saturated carbocycles. The Labute approximate surface area is 236 Å². The molecule has 0 heterocycles. The summed E-state index contributed by atoms with van der Waals surface area (Å²) in [5.74, 6) is -3.15. The van der Waals surface area contributed by atoms with E-state index in [0.29, 0.717) is 5.75 Å². The SMILES string of the molecule is [2H]CC(C)CC(C(=O)N[C@@H](Cc1ccc(OC)cc1)C(=O)NC)C(CC(=O)N[C@@H](CC(C)C)C(=O)O)SC(C)=O. The van der Waals surface area contributed by atoms with Crippen molar-refractivity contribution in [2.45, 2.75) is 77.6 Å². The number of carbonyl (C=O) groups excluding carboxylic acids is 4. The Kier molecular flexibility index (Phi) is 13.8. The number of thioether (sulfide) groups is 1. The minimum atomic E-state index is -1.16. The fraction of sp³-hybridized carbons (Fsp3) is 0.607. The Morgan fingerprint density at radius 1 is 0.974 bits per heavy atom. The van der Waals surface area contributed by atoms with Crippen molar-refractivity contribution in [2.75, 3.05) is 14.2 Å². The van der Waals surface area contributed by atoms with Crippen molar-refractivity contribution in [3.8, 4) is 5.75 Å². The number of hydrogen-bond donors (Lipinski definition) is 4. The number of carboxylic acids is 1. The molecular weight excluding hydrogens is 522 g/mol. The smallest absolute Gasteiger partial charge is 0.326 e. The summed E-state index contributed by atoms with van der Waals surface area (Å²) in [6, 6.07) is 5.04. The van der Waals surface area contributed by atoms with Crippen LogP contribution < -0.4 is 20.7 Å². The van der Waals surface area contributed by atoms with E-state index in [9.17, 15) is 29.1 Å². The summed E-state index contributed by atoms with van der Waals surface area (Å²) in [7, 11) is 3.01. The molecule has 0 aliphatic carbocycles. The van der Waals surface area contributed by atoms with E-state index in [-0.39, 0.29) is 49.5 Å². The Morgan fingerprint density at radius 2 is 1.62 bits per heavy atom. The number of likely N-dealkylation sites (N-methyl/N-ethyl adjacent to an activating group) is 1. The second kappa shape index (κ2) is 16.8. The molecule has 3 amide bonds. The Hall–Kier alpha value is -3.08. The summed E-state index contributed by atoms with van der Waals surface area (Å²) in [4.78, 5) is 63.1. The van der Waals surface area contributed by atoms with E-state index >= 15 is 0 Å². The number of rotatable bonds is 16. The van der Waals surface area contributed by atoms with Gasteiger partial charge < -0.3 is 25.8 Å². The van der Waals surface area contributed by atoms with E-state index < -0.39 is 46.9 Å². The Morgan fingerprint density at radius 3 is 2.10 bits per heavy atom. The minimum absolute atomic E-state index is 0.0209. The van der Waals surface area contributed by atoms with Gasteiger partial charge in [-0.1, -0.05) is 51.6 Å². The van der Waals surface area contributed by atoms with Gasteiger partial charge in [0.15, 0.2) is 5.12 Å². The standard InChI is InChI=1S/C28H43N3O7S/c1-16(2)12-21(24(39-18(5)32)15-25(33)30-23(28(36)37)13-17(3)4)26(34)31-22(27(35)29-6)14-19-8-10-20(38-7)11-9-19/h8-11,16-17,21-24H,12-15H2,1-7H3,(H,29,35)(H,30,33)(H,31,34)(H,36,37)/t21?,22-,23-,24?/m0/s1/i1D/t16?,21?,22-,23-,24?. The van der Waals surface area contributed by atoms with Crippen LogP contribution in [0.5, 0.6) is 5.75 Å². The van der Waals surface area contributed by atoms with E-state index in [1.165, 1.54) is 14.0 Å². The number of benzene rings is 1. The molecule has 1 aromatic carbocycles. The maximum atomic E-state index is 13.7. The molecule has 0 aromatic heterocycles. The molecule has 0 spiro atoms. The Bertz CT molecular complexity index is 1010. The first kappa shape index (κ1) is 32.1. The normalized spacial score (nSPS) is 15.2. The van der Waals surface area contributed by atoms with Gasteiger partial charge in [0.2, 0.25) is 17.7 Å². The van der Waals surface area contributed by atoms with Gasteiger partial charge >= 0.3 is 5.97 Å². The van der Waals surface area contributed by atoms with Crippen LogP contribution in [0.25, 0.3) is 0 Å². The largest absolute Gasteiger partial charge is 0.497 e. The molecule has 0 aliphatic heterocycles. The highest BCUT2D eigenvalue weighted by atomic mass is 32.2. The number of nitrogens with one attached hydrogen (secondary N) is 3. The van der Waals surface area contributed by atoms with Crippen LogP contribution in [-0.2, 0) is 30.4 Å². The lowest BCUT2D eigenvalue weighted by molar-refractivity contribution is -0.142. The quantitative estimate of drug-likeness (QED) is 0.239. The third-order valence-corrected chi connectivity index (χ3v) is 7.09. The minimum Gasteiger partial charge on any atom is -0.497 e. The van der Waals surface area contributed by atoms with Crippen molar-refractivity contribution < 1.29 is 35.2 Å². The van der Waals surface area contributed by atoms with Crippen molar-refractivity contribution in [1.29, 1.82) is 0 Å². The molecule has 0 fully saturated rings.